The van der Waals surface area contributed by atoms with Crippen LogP contribution in [0.15, 0.2) is 30.3 Å². The number of benzene rings is 1. The maximum atomic E-state index is 12.6. The monoisotopic (exact) mass is 386 g/mol. The van der Waals surface area contributed by atoms with E-state index in [0.29, 0.717) is 12.0 Å². The van der Waals surface area contributed by atoms with Crippen molar-refractivity contribution in [3.05, 3.63) is 35.9 Å². The summed E-state index contributed by atoms with van der Waals surface area (Å²) in [6.07, 6.45) is 4.16. The van der Waals surface area contributed by atoms with Crippen molar-refractivity contribution in [3.8, 4) is 0 Å². The largest absolute Gasteiger partial charge is 0.445 e. The number of carbonyl (C=O) groups is 3. The Morgan fingerprint density at radius 1 is 1.11 bits per heavy atom. The first-order chi connectivity index (χ1) is 13.4. The molecule has 28 heavy (non-hydrogen) atoms. The number of hydrogen-bond donors (Lipinski definition) is 2. The van der Waals surface area contributed by atoms with Gasteiger partial charge in [-0.15, -0.1) is 0 Å². The Bertz CT molecular complexity index is 704. The molecule has 2 bridgehead atoms. The quantitative estimate of drug-likeness (QED) is 0.638. The molecule has 0 aliphatic heterocycles. The van der Waals surface area contributed by atoms with Crippen molar-refractivity contribution in [1.29, 1.82) is 0 Å². The highest BCUT2D eigenvalue weighted by Crippen LogP contribution is 2.44. The standard InChI is InChI=1S/C22H30N2O4/c1-14(2)20(24-22(27)28-13-15-6-4-3-5-7-15)21(26)19(25)12-23-18-11-16-8-9-17(18)10-16/h3-7,14,16-18,20,23H,8-13H2,1-2H3,(H,24,27)/t16?,17?,18?,20-/m0/s1. The maximum absolute atomic E-state index is 12.6. The number of rotatable bonds is 9. The van der Waals surface area contributed by atoms with Crippen LogP contribution >= 0.6 is 0 Å². The number of fused-ring (bicyclic) bond motifs is 2. The summed E-state index contributed by atoms with van der Waals surface area (Å²) in [4.78, 5) is 37.1. The van der Waals surface area contributed by atoms with Gasteiger partial charge in [0.25, 0.3) is 0 Å². The number of Topliss-reactive ketones (excluding diaryl/α,β-unsaturated/α-hetero) is 2. The molecule has 2 saturated carbocycles. The van der Waals surface area contributed by atoms with E-state index in [9.17, 15) is 14.4 Å². The molecule has 1 aromatic rings. The summed E-state index contributed by atoms with van der Waals surface area (Å²) in [6.45, 7) is 3.76. The minimum absolute atomic E-state index is 0.0384. The molecular weight excluding hydrogens is 356 g/mol. The molecule has 4 atom stereocenters. The summed E-state index contributed by atoms with van der Waals surface area (Å²) in [7, 11) is 0. The predicted octanol–water partition coefficient (Wildman–Crippen LogP) is 2.85. The van der Waals surface area contributed by atoms with Crippen molar-refractivity contribution in [3.63, 3.8) is 0 Å². The van der Waals surface area contributed by atoms with Gasteiger partial charge >= 0.3 is 6.09 Å². The normalized spacial score (nSPS) is 24.2. The highest BCUT2D eigenvalue weighted by atomic mass is 16.5. The van der Waals surface area contributed by atoms with Gasteiger partial charge in [0.2, 0.25) is 11.6 Å². The van der Waals surface area contributed by atoms with Crippen molar-refractivity contribution in [2.24, 2.45) is 17.8 Å². The molecule has 1 amide bonds. The SMILES string of the molecule is CC(C)[C@H](NC(=O)OCc1ccccc1)C(=O)C(=O)CNC1CC2CCC1C2. The molecule has 3 rings (SSSR count). The molecule has 0 saturated heterocycles. The number of alkyl carbamates (subject to hydrolysis) is 1. The smallest absolute Gasteiger partial charge is 0.408 e. The number of amides is 1. The third-order valence-corrected chi connectivity index (χ3v) is 5.97. The zero-order valence-electron chi connectivity index (χ0n) is 16.6. The molecule has 0 spiro atoms. The predicted molar refractivity (Wildman–Crippen MR) is 106 cm³/mol. The van der Waals surface area contributed by atoms with Gasteiger partial charge in [-0.2, -0.15) is 0 Å². The molecule has 2 aliphatic carbocycles. The Morgan fingerprint density at radius 3 is 2.46 bits per heavy atom. The van der Waals surface area contributed by atoms with Crippen LogP contribution in [0.4, 0.5) is 4.79 Å². The second-order valence-corrected chi connectivity index (χ2v) is 8.38. The van der Waals surface area contributed by atoms with Crippen molar-refractivity contribution in [1.82, 2.24) is 10.6 Å². The van der Waals surface area contributed by atoms with Gasteiger partial charge in [0.05, 0.1) is 6.54 Å². The number of nitrogens with one attached hydrogen (secondary N) is 2. The van der Waals surface area contributed by atoms with Crippen molar-refractivity contribution in [2.75, 3.05) is 6.54 Å². The van der Waals surface area contributed by atoms with Crippen LogP contribution in [0.3, 0.4) is 0 Å². The fourth-order valence-electron chi connectivity index (χ4n) is 4.41. The van der Waals surface area contributed by atoms with E-state index in [2.05, 4.69) is 10.6 Å². The van der Waals surface area contributed by atoms with Gasteiger partial charge in [0, 0.05) is 6.04 Å². The fourth-order valence-corrected chi connectivity index (χ4v) is 4.41. The van der Waals surface area contributed by atoms with Crippen molar-refractivity contribution in [2.45, 2.75) is 58.2 Å². The van der Waals surface area contributed by atoms with Crippen LogP contribution in [0, 0.1) is 17.8 Å². The number of ether oxygens (including phenoxy) is 1. The first-order valence-electron chi connectivity index (χ1n) is 10.2. The Kier molecular flexibility index (Phi) is 6.83. The minimum atomic E-state index is -0.877. The third-order valence-electron chi connectivity index (χ3n) is 5.97. The van der Waals surface area contributed by atoms with Crippen LogP contribution in [-0.2, 0) is 20.9 Å². The molecule has 1 aromatic carbocycles. The van der Waals surface area contributed by atoms with Crippen LogP contribution < -0.4 is 10.6 Å². The zero-order chi connectivity index (χ0) is 20.1. The van der Waals surface area contributed by atoms with Crippen LogP contribution in [0.1, 0.15) is 45.1 Å². The molecule has 2 aliphatic rings. The van der Waals surface area contributed by atoms with Crippen LogP contribution in [0.2, 0.25) is 0 Å². The molecular formula is C22H30N2O4. The van der Waals surface area contributed by atoms with Gasteiger partial charge in [0.15, 0.2) is 0 Å². The zero-order valence-corrected chi connectivity index (χ0v) is 16.6. The molecule has 2 fully saturated rings. The molecule has 0 heterocycles. The Hall–Kier alpha value is -2.21. The lowest BCUT2D eigenvalue weighted by atomic mass is 9.94. The van der Waals surface area contributed by atoms with E-state index in [1.807, 2.05) is 30.3 Å². The van der Waals surface area contributed by atoms with Gasteiger partial charge < -0.3 is 15.4 Å². The highest BCUT2D eigenvalue weighted by Gasteiger charge is 2.39. The summed E-state index contributed by atoms with van der Waals surface area (Å²) in [5, 5.41) is 5.84. The van der Waals surface area contributed by atoms with Crippen molar-refractivity contribution < 1.29 is 19.1 Å². The molecule has 6 heteroatoms. The van der Waals surface area contributed by atoms with E-state index in [1.54, 1.807) is 13.8 Å². The first kappa shape index (κ1) is 20.5. The maximum Gasteiger partial charge on any atom is 0.408 e. The van der Waals surface area contributed by atoms with Gasteiger partial charge in [-0.1, -0.05) is 50.6 Å². The Morgan fingerprint density at radius 2 is 1.86 bits per heavy atom. The fraction of sp³-hybridized carbons (Fsp3) is 0.591. The minimum Gasteiger partial charge on any atom is -0.445 e. The summed E-state index contributed by atoms with van der Waals surface area (Å²) >= 11 is 0. The van der Waals surface area contributed by atoms with Gasteiger partial charge in [-0.25, -0.2) is 4.79 Å². The molecule has 0 radical (unpaired) electrons. The molecule has 0 aromatic heterocycles. The van der Waals surface area contributed by atoms with E-state index >= 15 is 0 Å². The lowest BCUT2D eigenvalue weighted by molar-refractivity contribution is -0.138. The van der Waals surface area contributed by atoms with Gasteiger partial charge in [-0.05, 0) is 42.6 Å². The lowest BCUT2D eigenvalue weighted by Gasteiger charge is -2.24. The Balaban J connectivity index is 1.47. The van der Waals surface area contributed by atoms with Crippen LogP contribution in [0.5, 0.6) is 0 Å². The van der Waals surface area contributed by atoms with Gasteiger partial charge in [0.1, 0.15) is 12.6 Å². The Labute approximate surface area is 166 Å². The summed E-state index contributed by atoms with van der Waals surface area (Å²) < 4.78 is 5.18. The van der Waals surface area contributed by atoms with Crippen LogP contribution in [-0.4, -0.2) is 36.3 Å². The van der Waals surface area contributed by atoms with Crippen LogP contribution in [0.25, 0.3) is 0 Å². The molecule has 3 unspecified atom stereocenters. The highest BCUT2D eigenvalue weighted by molar-refractivity contribution is 6.40. The average molecular weight is 386 g/mol. The summed E-state index contributed by atoms with van der Waals surface area (Å²) in [5.74, 6) is 0.160. The molecule has 2 N–H and O–H groups in total. The second-order valence-electron chi connectivity index (χ2n) is 8.38. The van der Waals surface area contributed by atoms with E-state index in [1.165, 1.54) is 19.3 Å². The summed E-state index contributed by atoms with van der Waals surface area (Å²) in [6, 6.07) is 8.77. The average Bonchev–Trinajstić information content (AvgIpc) is 3.32. The number of carbonyl (C=O) groups excluding carboxylic acids is 3. The van der Waals surface area contributed by atoms with E-state index in [0.717, 1.165) is 17.9 Å². The number of hydrogen-bond acceptors (Lipinski definition) is 5. The van der Waals surface area contributed by atoms with Crippen molar-refractivity contribution >= 4 is 17.7 Å². The van der Waals surface area contributed by atoms with E-state index < -0.39 is 23.7 Å². The first-order valence-corrected chi connectivity index (χ1v) is 10.2. The topological polar surface area (TPSA) is 84.5 Å². The molecule has 6 nitrogen and oxygen atoms in total. The third kappa shape index (κ3) is 5.19. The lowest BCUT2D eigenvalue weighted by Crippen LogP contribution is -2.50. The van der Waals surface area contributed by atoms with E-state index in [4.69, 9.17) is 4.74 Å². The second kappa shape index (κ2) is 9.32. The number of ketones is 2. The van der Waals surface area contributed by atoms with Gasteiger partial charge in [-0.3, -0.25) is 9.59 Å². The molecule has 152 valence electrons. The summed E-state index contributed by atoms with van der Waals surface area (Å²) in [5.41, 5.74) is 0.858. The van der Waals surface area contributed by atoms with E-state index in [-0.39, 0.29) is 19.1 Å².